The molecule has 0 saturated carbocycles. The molecule has 47 heavy (non-hydrogen) atoms. The van der Waals surface area contributed by atoms with E-state index in [2.05, 4.69) is 20.7 Å². The number of ether oxygens (including phenoxy) is 3. The van der Waals surface area contributed by atoms with Crippen LogP contribution in [0.1, 0.15) is 73.8 Å². The Morgan fingerprint density at radius 1 is 0.936 bits per heavy atom. The first-order valence-electron chi connectivity index (χ1n) is 15.8. The van der Waals surface area contributed by atoms with Gasteiger partial charge in [0.2, 0.25) is 17.7 Å². The molecule has 0 spiro atoms. The highest BCUT2D eigenvalue weighted by molar-refractivity contribution is 5.96. The number of esters is 2. The van der Waals surface area contributed by atoms with Crippen molar-refractivity contribution in [2.24, 2.45) is 11.3 Å². The van der Waals surface area contributed by atoms with Crippen molar-refractivity contribution in [1.29, 1.82) is 0 Å². The highest BCUT2D eigenvalue weighted by Crippen LogP contribution is 2.31. The second-order valence-electron chi connectivity index (χ2n) is 13.7. The molecule has 0 fully saturated rings. The van der Waals surface area contributed by atoms with Crippen LogP contribution in [0.3, 0.4) is 0 Å². The molecule has 0 heterocycles. The van der Waals surface area contributed by atoms with Gasteiger partial charge < -0.3 is 35.1 Å². The van der Waals surface area contributed by atoms with Crippen molar-refractivity contribution in [2.75, 3.05) is 35.4 Å². The fourth-order valence-electron chi connectivity index (χ4n) is 5.35. The van der Waals surface area contributed by atoms with Gasteiger partial charge in [0.05, 0.1) is 33.4 Å². The molecule has 0 bridgehead atoms. The second kappa shape index (κ2) is 17.8. The van der Waals surface area contributed by atoms with E-state index in [4.69, 9.17) is 9.47 Å². The smallest absolute Gasteiger partial charge is 0.328 e. The Morgan fingerprint density at radius 2 is 1.55 bits per heavy atom. The van der Waals surface area contributed by atoms with Gasteiger partial charge in [0.1, 0.15) is 17.8 Å². The summed E-state index contributed by atoms with van der Waals surface area (Å²) in [6.45, 7) is 15.0. The maximum Gasteiger partial charge on any atom is 0.328 e. The normalized spacial score (nSPS) is 14.7. The Kier molecular flexibility index (Phi) is 15.6. The summed E-state index contributed by atoms with van der Waals surface area (Å²) in [5.41, 5.74) is -0.176. The maximum atomic E-state index is 14.2. The molecular formula is C35H56N4O8. The Balaban J connectivity index is 3.32. The van der Waals surface area contributed by atoms with Gasteiger partial charge in [-0.1, -0.05) is 66.7 Å². The third-order valence-electron chi connectivity index (χ3n) is 8.40. The zero-order chi connectivity index (χ0) is 36.3. The lowest BCUT2D eigenvalue weighted by Gasteiger charge is -2.40. The number of hydrogen-bond donors (Lipinski definition) is 3. The molecule has 1 aromatic rings. The highest BCUT2D eigenvalue weighted by Gasteiger charge is 2.42. The van der Waals surface area contributed by atoms with Crippen LogP contribution in [0.4, 0.5) is 0 Å². The van der Waals surface area contributed by atoms with Crippen molar-refractivity contribution in [2.45, 2.75) is 97.8 Å². The molecule has 0 aliphatic carbocycles. The molecule has 0 saturated heterocycles. The lowest BCUT2D eigenvalue weighted by molar-refractivity contribution is -0.146. The van der Waals surface area contributed by atoms with Crippen LogP contribution in [0.2, 0.25) is 0 Å². The largest absolute Gasteiger partial charge is 0.497 e. The molecule has 0 radical (unpaired) electrons. The van der Waals surface area contributed by atoms with E-state index in [1.165, 1.54) is 19.1 Å². The molecule has 3 amide bonds. The standard InChI is InChI=1S/C35H56N4O8/c1-21(2)26(19-22(3)30(41)37-25(33(44)47-13)17-18-27(40)46-12)39(10)32(43)29(34(4,5)6)38-31(42)28(36-9)35(7,8)23-15-14-16-24(20-23)45-11/h14-16,19-21,25-26,28-29,36H,17-18H2,1-13H3,(H,37,41)(H,38,42)/b22-19+/t25-,26-,28-,29?/m1/s1. The molecule has 0 aromatic heterocycles. The number of methoxy groups -OCH3 is 3. The number of amides is 3. The first-order chi connectivity index (χ1) is 21.8. The average molecular weight is 661 g/mol. The number of likely N-dealkylation sites (N-methyl/N-ethyl adjacent to an activating group) is 2. The van der Waals surface area contributed by atoms with Crippen LogP contribution in [0, 0.1) is 11.3 Å². The minimum absolute atomic E-state index is 0.000438. The zero-order valence-corrected chi connectivity index (χ0v) is 30.4. The summed E-state index contributed by atoms with van der Waals surface area (Å²) < 4.78 is 14.8. The number of rotatable bonds is 16. The summed E-state index contributed by atoms with van der Waals surface area (Å²) in [5, 5.41) is 8.78. The number of nitrogens with one attached hydrogen (secondary N) is 3. The lowest BCUT2D eigenvalue weighted by atomic mass is 9.76. The van der Waals surface area contributed by atoms with Gasteiger partial charge in [0.15, 0.2) is 0 Å². The number of nitrogens with zero attached hydrogens (tertiary/aromatic N) is 1. The molecule has 1 unspecified atom stereocenters. The first kappa shape index (κ1) is 41.1. The van der Waals surface area contributed by atoms with Crippen molar-refractivity contribution in [3.63, 3.8) is 0 Å². The molecule has 1 rings (SSSR count). The minimum atomic E-state index is -1.06. The molecule has 0 aliphatic rings. The summed E-state index contributed by atoms with van der Waals surface area (Å²) in [4.78, 5) is 66.7. The van der Waals surface area contributed by atoms with Crippen LogP contribution < -0.4 is 20.7 Å². The van der Waals surface area contributed by atoms with E-state index in [9.17, 15) is 24.0 Å². The number of hydrogen-bond acceptors (Lipinski definition) is 9. The third kappa shape index (κ3) is 11.4. The van der Waals surface area contributed by atoms with Gasteiger partial charge in [-0.15, -0.1) is 0 Å². The van der Waals surface area contributed by atoms with E-state index < -0.39 is 52.8 Å². The van der Waals surface area contributed by atoms with Crippen molar-refractivity contribution in [1.82, 2.24) is 20.9 Å². The van der Waals surface area contributed by atoms with Gasteiger partial charge in [0.25, 0.3) is 0 Å². The van der Waals surface area contributed by atoms with Crippen LogP contribution in [0.25, 0.3) is 0 Å². The number of carbonyl (C=O) groups excluding carboxylic acids is 5. The van der Waals surface area contributed by atoms with Crippen LogP contribution in [0.5, 0.6) is 5.75 Å². The molecule has 12 heteroatoms. The Morgan fingerprint density at radius 3 is 2.04 bits per heavy atom. The Bertz CT molecular complexity index is 1280. The van der Waals surface area contributed by atoms with Gasteiger partial charge in [-0.25, -0.2) is 4.79 Å². The Hall–Kier alpha value is -3.93. The molecule has 0 aliphatic heterocycles. The lowest BCUT2D eigenvalue weighted by Crippen LogP contribution is -2.61. The van der Waals surface area contributed by atoms with E-state index in [-0.39, 0.29) is 36.1 Å². The zero-order valence-electron chi connectivity index (χ0n) is 30.4. The van der Waals surface area contributed by atoms with E-state index >= 15 is 0 Å². The van der Waals surface area contributed by atoms with Gasteiger partial charge in [-0.2, -0.15) is 0 Å². The fraction of sp³-hybridized carbons (Fsp3) is 0.629. The maximum absolute atomic E-state index is 14.2. The molecule has 3 N–H and O–H groups in total. The number of benzene rings is 1. The van der Waals surface area contributed by atoms with E-state index in [1.807, 2.05) is 72.7 Å². The topological polar surface area (TPSA) is 152 Å². The molecule has 1 aromatic carbocycles. The second-order valence-corrected chi connectivity index (χ2v) is 13.7. The Labute approximate surface area is 280 Å². The minimum Gasteiger partial charge on any atom is -0.497 e. The molecular weight excluding hydrogens is 604 g/mol. The predicted molar refractivity (Wildman–Crippen MR) is 181 cm³/mol. The van der Waals surface area contributed by atoms with Gasteiger partial charge in [-0.05, 0) is 49.4 Å². The van der Waals surface area contributed by atoms with Crippen LogP contribution in [-0.2, 0) is 38.9 Å². The van der Waals surface area contributed by atoms with Crippen LogP contribution >= 0.6 is 0 Å². The molecule has 264 valence electrons. The van der Waals surface area contributed by atoms with E-state index in [1.54, 1.807) is 34.2 Å². The quantitative estimate of drug-likeness (QED) is 0.179. The van der Waals surface area contributed by atoms with Crippen molar-refractivity contribution in [3.05, 3.63) is 41.5 Å². The van der Waals surface area contributed by atoms with Gasteiger partial charge >= 0.3 is 11.9 Å². The fourth-order valence-corrected chi connectivity index (χ4v) is 5.35. The summed E-state index contributed by atoms with van der Waals surface area (Å²) in [7, 11) is 7.37. The summed E-state index contributed by atoms with van der Waals surface area (Å²) >= 11 is 0. The first-order valence-corrected chi connectivity index (χ1v) is 15.8. The third-order valence-corrected chi connectivity index (χ3v) is 8.40. The predicted octanol–water partition coefficient (Wildman–Crippen LogP) is 3.13. The van der Waals surface area contributed by atoms with Gasteiger partial charge in [-0.3, -0.25) is 19.2 Å². The number of carbonyl (C=O) groups is 5. The monoisotopic (exact) mass is 660 g/mol. The van der Waals surface area contributed by atoms with Crippen molar-refractivity contribution in [3.8, 4) is 5.75 Å². The average Bonchev–Trinajstić information content (AvgIpc) is 3.02. The molecule has 4 atom stereocenters. The van der Waals surface area contributed by atoms with Crippen molar-refractivity contribution >= 4 is 29.7 Å². The van der Waals surface area contributed by atoms with E-state index in [0.717, 1.165) is 5.56 Å². The van der Waals surface area contributed by atoms with Crippen LogP contribution in [0.15, 0.2) is 35.9 Å². The SMILES string of the molecule is CN[C@H](C(=O)NC(C(=O)N(C)[C@H](/C=C(\C)C(=O)N[C@H](CCC(=O)OC)C(=O)OC)C(C)C)C(C)(C)C)C(C)(C)c1cccc(OC)c1. The molecule has 12 nitrogen and oxygen atoms in total. The van der Waals surface area contributed by atoms with Crippen molar-refractivity contribution < 1.29 is 38.2 Å². The van der Waals surface area contributed by atoms with Crippen LogP contribution in [-0.4, -0.2) is 94.2 Å². The van der Waals surface area contributed by atoms with Gasteiger partial charge in [0, 0.05) is 24.5 Å². The summed E-state index contributed by atoms with van der Waals surface area (Å²) in [6, 6.07) is 4.35. The summed E-state index contributed by atoms with van der Waals surface area (Å²) in [6.07, 6.45) is 1.58. The highest BCUT2D eigenvalue weighted by atomic mass is 16.5. The summed E-state index contributed by atoms with van der Waals surface area (Å²) in [5.74, 6) is -1.87. The van der Waals surface area contributed by atoms with E-state index in [0.29, 0.717) is 5.75 Å².